The van der Waals surface area contributed by atoms with Crippen LogP contribution in [0, 0.1) is 11.3 Å². The Kier molecular flexibility index (Phi) is 5.19. The van der Waals surface area contributed by atoms with Crippen LogP contribution in [0.25, 0.3) is 0 Å². The van der Waals surface area contributed by atoms with Crippen molar-refractivity contribution in [3.05, 3.63) is 0 Å². The number of nitrogens with one attached hydrogen (secondary N) is 2. The molecule has 0 aromatic heterocycles. The summed E-state index contributed by atoms with van der Waals surface area (Å²) in [5, 5.41) is 4.36. The first-order chi connectivity index (χ1) is 8.42. The van der Waals surface area contributed by atoms with Crippen LogP contribution in [-0.2, 0) is 9.59 Å². The van der Waals surface area contributed by atoms with Gasteiger partial charge in [-0.2, -0.15) is 11.8 Å². The Morgan fingerprint density at radius 2 is 1.72 bits per heavy atom. The van der Waals surface area contributed by atoms with Crippen LogP contribution in [0.5, 0.6) is 0 Å². The molecule has 0 spiro atoms. The van der Waals surface area contributed by atoms with Crippen LogP contribution in [0.4, 0.5) is 4.79 Å². The first-order valence-corrected chi connectivity index (χ1v) is 7.32. The first-order valence-electron chi connectivity index (χ1n) is 6.17. The van der Waals surface area contributed by atoms with Gasteiger partial charge in [0.25, 0.3) is 0 Å². The minimum Gasteiger partial charge on any atom is -0.277 e. The van der Waals surface area contributed by atoms with Crippen LogP contribution in [0.1, 0.15) is 33.6 Å². The zero-order chi connectivity index (χ0) is 13.8. The third-order valence-corrected chi connectivity index (χ3v) is 4.34. The molecule has 1 aliphatic rings. The van der Waals surface area contributed by atoms with Crippen molar-refractivity contribution in [3.8, 4) is 0 Å². The van der Waals surface area contributed by atoms with Crippen molar-refractivity contribution in [2.24, 2.45) is 11.3 Å². The Balaban J connectivity index is 2.63. The molecule has 0 saturated carbocycles. The van der Waals surface area contributed by atoms with Crippen molar-refractivity contribution in [2.45, 2.75) is 33.6 Å². The van der Waals surface area contributed by atoms with E-state index in [1.54, 1.807) is 18.7 Å². The zero-order valence-electron chi connectivity index (χ0n) is 11.0. The van der Waals surface area contributed by atoms with Crippen LogP contribution in [-0.4, -0.2) is 29.4 Å². The van der Waals surface area contributed by atoms with E-state index in [1.807, 2.05) is 0 Å². The third-order valence-electron chi connectivity index (χ3n) is 3.11. The Labute approximate surface area is 111 Å². The number of carbonyl (C=O) groups excluding carboxylic acids is 3. The fourth-order valence-electron chi connectivity index (χ4n) is 1.70. The van der Waals surface area contributed by atoms with Crippen LogP contribution in [0.2, 0.25) is 0 Å². The van der Waals surface area contributed by atoms with Crippen LogP contribution in [0.15, 0.2) is 0 Å². The fraction of sp³-hybridized carbons (Fsp3) is 0.750. The smallest absolute Gasteiger partial charge is 0.277 e. The average Bonchev–Trinajstić information content (AvgIpc) is 2.27. The summed E-state index contributed by atoms with van der Waals surface area (Å²) in [5.74, 6) is 0.979. The standard InChI is InChI=1S/C12H20N2O3S/c1-4-12(7-18-6-5-8(2)3)9(15)13-11(17)14-10(12)16/h8H,4-7H2,1-3H3,(H2,13,14,15,16,17). The second-order valence-corrected chi connectivity index (χ2v) is 6.01. The largest absolute Gasteiger partial charge is 0.328 e. The van der Waals surface area contributed by atoms with E-state index in [9.17, 15) is 14.4 Å². The van der Waals surface area contributed by atoms with Gasteiger partial charge < -0.3 is 0 Å². The number of carbonyl (C=O) groups is 3. The third kappa shape index (κ3) is 3.25. The molecule has 0 atom stereocenters. The topological polar surface area (TPSA) is 75.3 Å². The molecule has 0 bridgehead atoms. The van der Waals surface area contributed by atoms with E-state index in [0.29, 0.717) is 18.1 Å². The summed E-state index contributed by atoms with van der Waals surface area (Å²) < 4.78 is 0. The first kappa shape index (κ1) is 15.0. The van der Waals surface area contributed by atoms with Gasteiger partial charge in [0.15, 0.2) is 0 Å². The van der Waals surface area contributed by atoms with Gasteiger partial charge in [-0.05, 0) is 24.5 Å². The molecule has 1 rings (SSSR count). The molecule has 1 heterocycles. The highest BCUT2D eigenvalue weighted by Gasteiger charge is 2.48. The van der Waals surface area contributed by atoms with Gasteiger partial charge in [-0.25, -0.2) is 4.79 Å². The van der Waals surface area contributed by atoms with E-state index >= 15 is 0 Å². The summed E-state index contributed by atoms with van der Waals surface area (Å²) in [5.41, 5.74) is -1.10. The minimum absolute atomic E-state index is 0.395. The Morgan fingerprint density at radius 1 is 1.17 bits per heavy atom. The lowest BCUT2D eigenvalue weighted by atomic mass is 9.84. The maximum Gasteiger partial charge on any atom is 0.328 e. The van der Waals surface area contributed by atoms with Crippen molar-refractivity contribution in [3.63, 3.8) is 0 Å². The highest BCUT2D eigenvalue weighted by Crippen LogP contribution is 2.30. The summed E-state index contributed by atoms with van der Waals surface area (Å²) in [6, 6.07) is -0.721. The van der Waals surface area contributed by atoms with Crippen molar-refractivity contribution >= 4 is 29.6 Å². The number of imide groups is 2. The highest BCUT2D eigenvalue weighted by molar-refractivity contribution is 7.99. The fourth-order valence-corrected chi connectivity index (χ4v) is 3.30. The predicted octanol–water partition coefficient (Wildman–Crippen LogP) is 1.53. The minimum atomic E-state index is -1.10. The molecule has 1 fully saturated rings. The second-order valence-electron chi connectivity index (χ2n) is 4.91. The van der Waals surface area contributed by atoms with E-state index in [-0.39, 0.29) is 0 Å². The molecule has 4 amide bonds. The molecule has 0 radical (unpaired) electrons. The molecule has 0 aromatic rings. The van der Waals surface area contributed by atoms with E-state index < -0.39 is 23.3 Å². The van der Waals surface area contributed by atoms with Gasteiger partial charge in [0.05, 0.1) is 0 Å². The number of amides is 4. The van der Waals surface area contributed by atoms with E-state index in [0.717, 1.165) is 12.2 Å². The van der Waals surface area contributed by atoms with Gasteiger partial charge in [0.2, 0.25) is 11.8 Å². The number of hydrogen-bond donors (Lipinski definition) is 2. The summed E-state index contributed by atoms with van der Waals surface area (Å²) in [6.07, 6.45) is 1.44. The van der Waals surface area contributed by atoms with Gasteiger partial charge in [-0.15, -0.1) is 0 Å². The molecule has 1 saturated heterocycles. The Bertz CT molecular complexity index is 335. The molecule has 2 N–H and O–H groups in total. The second kappa shape index (κ2) is 6.22. The van der Waals surface area contributed by atoms with E-state index in [1.165, 1.54) is 0 Å². The Morgan fingerprint density at radius 3 is 2.17 bits per heavy atom. The molecule has 102 valence electrons. The van der Waals surface area contributed by atoms with E-state index in [2.05, 4.69) is 24.5 Å². The van der Waals surface area contributed by atoms with Gasteiger partial charge in [-0.3, -0.25) is 20.2 Å². The van der Waals surface area contributed by atoms with Gasteiger partial charge in [0.1, 0.15) is 5.41 Å². The Hall–Kier alpha value is -1.04. The molecule has 1 aliphatic heterocycles. The maximum absolute atomic E-state index is 11.9. The van der Waals surface area contributed by atoms with Crippen molar-refractivity contribution in [1.29, 1.82) is 0 Å². The maximum atomic E-state index is 11.9. The molecular formula is C12H20N2O3S. The number of barbiturate groups is 1. The van der Waals surface area contributed by atoms with Gasteiger partial charge in [-0.1, -0.05) is 20.8 Å². The number of urea groups is 1. The zero-order valence-corrected chi connectivity index (χ0v) is 11.9. The molecule has 0 aromatic carbocycles. The predicted molar refractivity (Wildman–Crippen MR) is 71.2 cm³/mol. The summed E-state index contributed by atoms with van der Waals surface area (Å²) in [7, 11) is 0. The SMILES string of the molecule is CCC1(CSCCC(C)C)C(=O)NC(=O)NC1=O. The lowest BCUT2D eigenvalue weighted by Crippen LogP contribution is -2.63. The molecule has 18 heavy (non-hydrogen) atoms. The van der Waals surface area contributed by atoms with E-state index in [4.69, 9.17) is 0 Å². The summed E-state index contributed by atoms with van der Waals surface area (Å²) in [4.78, 5) is 34.8. The number of rotatable bonds is 6. The summed E-state index contributed by atoms with van der Waals surface area (Å²) >= 11 is 1.59. The molecule has 0 unspecified atom stereocenters. The van der Waals surface area contributed by atoms with Crippen LogP contribution < -0.4 is 10.6 Å². The quantitative estimate of drug-likeness (QED) is 0.568. The average molecular weight is 272 g/mol. The van der Waals surface area contributed by atoms with Crippen LogP contribution in [0.3, 0.4) is 0 Å². The van der Waals surface area contributed by atoms with Crippen molar-refractivity contribution in [2.75, 3.05) is 11.5 Å². The van der Waals surface area contributed by atoms with Crippen LogP contribution >= 0.6 is 11.8 Å². The normalized spacial score (nSPS) is 18.8. The van der Waals surface area contributed by atoms with Gasteiger partial charge in [0, 0.05) is 5.75 Å². The van der Waals surface area contributed by atoms with Crippen molar-refractivity contribution in [1.82, 2.24) is 10.6 Å². The highest BCUT2D eigenvalue weighted by atomic mass is 32.2. The van der Waals surface area contributed by atoms with Crippen molar-refractivity contribution < 1.29 is 14.4 Å². The van der Waals surface area contributed by atoms with Gasteiger partial charge >= 0.3 is 6.03 Å². The monoisotopic (exact) mass is 272 g/mol. The molecule has 6 heteroatoms. The summed E-state index contributed by atoms with van der Waals surface area (Å²) in [6.45, 7) is 6.06. The lowest BCUT2D eigenvalue weighted by Gasteiger charge is -2.32. The molecule has 5 nitrogen and oxygen atoms in total. The lowest BCUT2D eigenvalue weighted by molar-refractivity contribution is -0.142. The molecular weight excluding hydrogens is 252 g/mol. The number of hydrogen-bond acceptors (Lipinski definition) is 4. The molecule has 0 aliphatic carbocycles. The number of thioether (sulfide) groups is 1.